The maximum Gasteiger partial charge on any atom is 0.223 e. The number of halogens is 1. The summed E-state index contributed by atoms with van der Waals surface area (Å²) in [6.07, 6.45) is 1.18. The summed E-state index contributed by atoms with van der Waals surface area (Å²) in [6, 6.07) is 7.78. The number of ether oxygens (including phenoxy) is 1. The maximum atomic E-state index is 11.3. The Morgan fingerprint density at radius 1 is 1.44 bits per heavy atom. The third-order valence-corrected chi connectivity index (χ3v) is 2.29. The van der Waals surface area contributed by atoms with Crippen molar-refractivity contribution in [3.05, 3.63) is 29.8 Å². The number of carbonyl (C=O) groups excluding carboxylic acids is 1. The fourth-order valence-corrected chi connectivity index (χ4v) is 1.38. The van der Waals surface area contributed by atoms with Crippen molar-refractivity contribution >= 4 is 18.3 Å². The predicted molar refractivity (Wildman–Crippen MR) is 75.2 cm³/mol. The second-order valence-corrected chi connectivity index (χ2v) is 3.91. The van der Waals surface area contributed by atoms with E-state index in [9.17, 15) is 4.79 Å². The Morgan fingerprint density at radius 2 is 2.22 bits per heavy atom. The summed E-state index contributed by atoms with van der Waals surface area (Å²) >= 11 is 0. The van der Waals surface area contributed by atoms with Gasteiger partial charge in [-0.2, -0.15) is 0 Å². The lowest BCUT2D eigenvalue weighted by atomic mass is 10.2. The van der Waals surface area contributed by atoms with Crippen LogP contribution in [0.15, 0.2) is 24.3 Å². The number of benzene rings is 1. The van der Waals surface area contributed by atoms with Crippen LogP contribution >= 0.6 is 12.4 Å². The van der Waals surface area contributed by atoms with Gasteiger partial charge in [0.2, 0.25) is 5.91 Å². The zero-order valence-corrected chi connectivity index (χ0v) is 11.5. The highest BCUT2D eigenvalue weighted by molar-refractivity contribution is 5.85. The molecule has 0 aliphatic carbocycles. The van der Waals surface area contributed by atoms with Crippen molar-refractivity contribution in [3.63, 3.8) is 0 Å². The van der Waals surface area contributed by atoms with Gasteiger partial charge in [-0.15, -0.1) is 12.4 Å². The Morgan fingerprint density at radius 3 is 2.89 bits per heavy atom. The van der Waals surface area contributed by atoms with E-state index in [4.69, 9.17) is 10.5 Å². The fourth-order valence-electron chi connectivity index (χ4n) is 1.38. The van der Waals surface area contributed by atoms with Gasteiger partial charge in [0.05, 0.1) is 13.0 Å². The van der Waals surface area contributed by atoms with Gasteiger partial charge >= 0.3 is 0 Å². The molecule has 0 heterocycles. The maximum absolute atomic E-state index is 11.3. The van der Waals surface area contributed by atoms with Crippen molar-refractivity contribution in [2.24, 2.45) is 5.73 Å². The number of amides is 1. The second kappa shape index (κ2) is 9.74. The number of aryl methyl sites for hydroxylation is 1. The van der Waals surface area contributed by atoms with Crippen LogP contribution in [0.4, 0.5) is 0 Å². The highest BCUT2D eigenvalue weighted by Gasteiger charge is 2.01. The van der Waals surface area contributed by atoms with Crippen LogP contribution in [-0.4, -0.2) is 25.6 Å². The molecule has 0 radical (unpaired) electrons. The Bertz CT molecular complexity index is 359. The Labute approximate surface area is 114 Å². The van der Waals surface area contributed by atoms with Gasteiger partial charge in [-0.3, -0.25) is 4.79 Å². The molecule has 102 valence electrons. The molecule has 0 unspecified atom stereocenters. The van der Waals surface area contributed by atoms with Crippen molar-refractivity contribution in [1.29, 1.82) is 0 Å². The average molecular weight is 273 g/mol. The molecule has 0 aliphatic rings. The van der Waals surface area contributed by atoms with E-state index in [1.54, 1.807) is 0 Å². The SMILES string of the molecule is Cc1cccc(OCCC(=O)NCCCN)c1.Cl. The zero-order chi connectivity index (χ0) is 12.5. The molecule has 3 N–H and O–H groups in total. The molecule has 18 heavy (non-hydrogen) atoms. The lowest BCUT2D eigenvalue weighted by Crippen LogP contribution is -2.27. The summed E-state index contributed by atoms with van der Waals surface area (Å²) < 4.78 is 5.48. The third kappa shape index (κ3) is 7.14. The first-order valence-electron chi connectivity index (χ1n) is 5.88. The van der Waals surface area contributed by atoms with E-state index in [0.29, 0.717) is 26.1 Å². The predicted octanol–water partition coefficient (Wildman–Crippen LogP) is 1.65. The number of rotatable bonds is 7. The summed E-state index contributed by atoms with van der Waals surface area (Å²) in [6.45, 7) is 3.64. The number of nitrogens with two attached hydrogens (primary N) is 1. The Hall–Kier alpha value is -1.26. The van der Waals surface area contributed by atoms with E-state index in [1.807, 2.05) is 31.2 Å². The Kier molecular flexibility index (Phi) is 9.06. The molecule has 0 atom stereocenters. The van der Waals surface area contributed by atoms with Crippen molar-refractivity contribution in [3.8, 4) is 5.75 Å². The molecule has 1 rings (SSSR count). The number of hydrogen-bond acceptors (Lipinski definition) is 3. The molecule has 5 heteroatoms. The zero-order valence-electron chi connectivity index (χ0n) is 10.6. The minimum Gasteiger partial charge on any atom is -0.493 e. The van der Waals surface area contributed by atoms with Gasteiger partial charge in [0.25, 0.3) is 0 Å². The molecule has 0 fully saturated rings. The van der Waals surface area contributed by atoms with Crippen LogP contribution < -0.4 is 15.8 Å². The molecule has 1 amide bonds. The smallest absolute Gasteiger partial charge is 0.223 e. The van der Waals surface area contributed by atoms with Crippen LogP contribution in [0.3, 0.4) is 0 Å². The van der Waals surface area contributed by atoms with Crippen LogP contribution in [0, 0.1) is 6.92 Å². The summed E-state index contributed by atoms with van der Waals surface area (Å²) in [4.78, 5) is 11.3. The molecule has 0 saturated carbocycles. The fraction of sp³-hybridized carbons (Fsp3) is 0.462. The first kappa shape index (κ1) is 16.7. The normalized spacial score (nSPS) is 9.44. The highest BCUT2D eigenvalue weighted by atomic mass is 35.5. The number of hydrogen-bond donors (Lipinski definition) is 2. The monoisotopic (exact) mass is 272 g/mol. The summed E-state index contributed by atoms with van der Waals surface area (Å²) in [5, 5.41) is 2.78. The lowest BCUT2D eigenvalue weighted by molar-refractivity contribution is -0.121. The molecule has 0 aromatic heterocycles. The van der Waals surface area contributed by atoms with Gasteiger partial charge in [-0.1, -0.05) is 12.1 Å². The molecule has 0 bridgehead atoms. The van der Waals surface area contributed by atoms with Crippen LogP contribution in [0.1, 0.15) is 18.4 Å². The molecule has 1 aromatic rings. The molecule has 1 aromatic carbocycles. The molecule has 0 aliphatic heterocycles. The van der Waals surface area contributed by atoms with Crippen molar-refractivity contribution in [1.82, 2.24) is 5.32 Å². The minimum atomic E-state index is 0. The van der Waals surface area contributed by atoms with Crippen molar-refractivity contribution < 1.29 is 9.53 Å². The van der Waals surface area contributed by atoms with E-state index < -0.39 is 0 Å². The van der Waals surface area contributed by atoms with E-state index >= 15 is 0 Å². The standard InChI is InChI=1S/C13H20N2O2.ClH/c1-11-4-2-5-12(10-11)17-9-6-13(16)15-8-3-7-14;/h2,4-5,10H,3,6-9,14H2,1H3,(H,15,16);1H. The van der Waals surface area contributed by atoms with Crippen LogP contribution in [-0.2, 0) is 4.79 Å². The molecule has 0 saturated heterocycles. The minimum absolute atomic E-state index is 0. The quantitative estimate of drug-likeness (QED) is 0.742. The van der Waals surface area contributed by atoms with Gasteiger partial charge < -0.3 is 15.8 Å². The molecular formula is C13H21ClN2O2. The van der Waals surface area contributed by atoms with Gasteiger partial charge in [0, 0.05) is 6.54 Å². The number of carbonyl (C=O) groups is 1. The largest absolute Gasteiger partial charge is 0.493 e. The van der Waals surface area contributed by atoms with Crippen LogP contribution in [0.5, 0.6) is 5.75 Å². The summed E-state index contributed by atoms with van der Waals surface area (Å²) in [7, 11) is 0. The lowest BCUT2D eigenvalue weighted by Gasteiger charge is -2.07. The van der Waals surface area contributed by atoms with Gasteiger partial charge in [-0.25, -0.2) is 0 Å². The molecule has 4 nitrogen and oxygen atoms in total. The van der Waals surface area contributed by atoms with E-state index in [0.717, 1.165) is 17.7 Å². The van der Waals surface area contributed by atoms with Gasteiger partial charge in [0.15, 0.2) is 0 Å². The van der Waals surface area contributed by atoms with Crippen LogP contribution in [0.2, 0.25) is 0 Å². The van der Waals surface area contributed by atoms with Gasteiger partial charge in [-0.05, 0) is 37.6 Å². The van der Waals surface area contributed by atoms with E-state index in [1.165, 1.54) is 0 Å². The van der Waals surface area contributed by atoms with Crippen molar-refractivity contribution in [2.45, 2.75) is 19.8 Å². The summed E-state index contributed by atoms with van der Waals surface area (Å²) in [5.41, 5.74) is 6.48. The second-order valence-electron chi connectivity index (χ2n) is 3.91. The number of nitrogens with one attached hydrogen (secondary N) is 1. The van der Waals surface area contributed by atoms with E-state index in [-0.39, 0.29) is 18.3 Å². The van der Waals surface area contributed by atoms with Crippen molar-refractivity contribution in [2.75, 3.05) is 19.7 Å². The average Bonchev–Trinajstić information content (AvgIpc) is 2.29. The topological polar surface area (TPSA) is 64.3 Å². The van der Waals surface area contributed by atoms with Gasteiger partial charge in [0.1, 0.15) is 5.75 Å². The summed E-state index contributed by atoms with van der Waals surface area (Å²) in [5.74, 6) is 0.811. The first-order valence-corrected chi connectivity index (χ1v) is 5.88. The molecule has 0 spiro atoms. The van der Waals surface area contributed by atoms with Crippen LogP contribution in [0.25, 0.3) is 0 Å². The van der Waals surface area contributed by atoms with E-state index in [2.05, 4.69) is 5.32 Å². The third-order valence-electron chi connectivity index (χ3n) is 2.29. The highest BCUT2D eigenvalue weighted by Crippen LogP contribution is 2.12. The Balaban J connectivity index is 0.00000289. The first-order chi connectivity index (χ1) is 8.22. The molecular weight excluding hydrogens is 252 g/mol.